The van der Waals surface area contributed by atoms with Gasteiger partial charge in [-0.15, -0.1) is 0 Å². The zero-order chi connectivity index (χ0) is 33.4. The lowest BCUT2D eigenvalue weighted by molar-refractivity contribution is -0.143. The molecule has 1 saturated carbocycles. The Morgan fingerprint density at radius 1 is 1.07 bits per heavy atom. The molecule has 254 valence electrons. The third-order valence-corrected chi connectivity index (χ3v) is 8.54. The number of anilines is 1. The summed E-state index contributed by atoms with van der Waals surface area (Å²) in [6.45, 7) is 9.41. The van der Waals surface area contributed by atoms with Gasteiger partial charge in [0.2, 0.25) is 17.6 Å². The maximum absolute atomic E-state index is 14.0. The minimum Gasteiger partial charge on any atom is -0.460 e. The number of hydrogen-bond acceptors (Lipinski definition) is 8. The zero-order valence-corrected chi connectivity index (χ0v) is 27.6. The highest BCUT2D eigenvalue weighted by molar-refractivity contribution is 6.00. The van der Waals surface area contributed by atoms with E-state index in [0.29, 0.717) is 61.9 Å². The van der Waals surface area contributed by atoms with Gasteiger partial charge in [0.25, 0.3) is 0 Å². The highest BCUT2D eigenvalue weighted by Gasteiger charge is 2.45. The summed E-state index contributed by atoms with van der Waals surface area (Å²) in [7, 11) is 0. The quantitative estimate of drug-likeness (QED) is 0.212. The van der Waals surface area contributed by atoms with Gasteiger partial charge in [-0.3, -0.25) is 9.59 Å². The first-order valence-electron chi connectivity index (χ1n) is 16.4. The van der Waals surface area contributed by atoms with Crippen molar-refractivity contribution in [2.75, 3.05) is 31.7 Å². The fourth-order valence-electron chi connectivity index (χ4n) is 6.26. The number of amides is 3. The van der Waals surface area contributed by atoms with Crippen molar-refractivity contribution in [1.29, 1.82) is 0 Å². The summed E-state index contributed by atoms with van der Waals surface area (Å²) in [5, 5.41) is 6.23. The zero-order valence-electron chi connectivity index (χ0n) is 27.6. The van der Waals surface area contributed by atoms with Crippen LogP contribution in [0.2, 0.25) is 0 Å². The maximum atomic E-state index is 14.0. The number of carbonyl (C=O) groups excluding carboxylic acids is 4. The van der Waals surface area contributed by atoms with Crippen molar-refractivity contribution in [2.45, 2.75) is 103 Å². The highest BCUT2D eigenvalue weighted by Crippen LogP contribution is 2.35. The SMILES string of the molecule is CCCCO[C@H]1CCN(C(=O)C2CCC([C@@H](CF)NC(=O)OC(C)(C)C)CC2)[C@@H]1C(=O)Nc1ccc2oc(C(=O)OCC)cc2c1. The number of benzene rings is 1. The normalized spacial score (nSPS) is 22.3. The van der Waals surface area contributed by atoms with E-state index in [0.717, 1.165) is 12.8 Å². The third kappa shape index (κ3) is 8.98. The van der Waals surface area contributed by atoms with Gasteiger partial charge in [0.1, 0.15) is 23.9 Å². The standard InChI is InChI=1S/C34H48FN3O8/c1-6-8-17-44-27-15-16-38(31(40)22-11-9-21(10-12-22)25(20-35)37-33(42)46-34(3,4)5)29(27)30(39)36-24-13-14-26-23(18-24)19-28(45-26)32(41)43-7-2/h13-14,18-19,21-22,25,27,29H,6-12,15-17,20H2,1-5H3,(H,36,39)(H,37,42)/t21?,22?,25-,27+,29+/m1/s1. The van der Waals surface area contributed by atoms with Gasteiger partial charge >= 0.3 is 12.1 Å². The average Bonchev–Trinajstić information content (AvgIpc) is 3.63. The number of unbranched alkanes of at least 4 members (excludes halogenated alkanes) is 1. The van der Waals surface area contributed by atoms with Crippen LogP contribution in [0.1, 0.15) is 90.1 Å². The van der Waals surface area contributed by atoms with E-state index in [1.54, 1.807) is 56.9 Å². The van der Waals surface area contributed by atoms with Crippen molar-refractivity contribution in [1.82, 2.24) is 10.2 Å². The molecule has 2 aromatic rings. The summed E-state index contributed by atoms with van der Waals surface area (Å²) >= 11 is 0. The number of ether oxygens (including phenoxy) is 3. The molecule has 1 aliphatic heterocycles. The van der Waals surface area contributed by atoms with Crippen molar-refractivity contribution in [3.63, 3.8) is 0 Å². The lowest BCUT2D eigenvalue weighted by atomic mass is 9.78. The first kappa shape index (κ1) is 35.2. The number of rotatable bonds is 12. The van der Waals surface area contributed by atoms with Crippen LogP contribution in [0.15, 0.2) is 28.7 Å². The Balaban J connectivity index is 1.43. The Labute approximate surface area is 269 Å². The number of nitrogens with one attached hydrogen (secondary N) is 2. The van der Waals surface area contributed by atoms with E-state index >= 15 is 0 Å². The Morgan fingerprint density at radius 2 is 1.80 bits per heavy atom. The molecular weight excluding hydrogens is 597 g/mol. The van der Waals surface area contributed by atoms with Gasteiger partial charge < -0.3 is 34.2 Å². The number of fused-ring (bicyclic) bond motifs is 1. The van der Waals surface area contributed by atoms with Crippen LogP contribution in [-0.4, -0.2) is 79.0 Å². The predicted molar refractivity (Wildman–Crippen MR) is 170 cm³/mol. The smallest absolute Gasteiger partial charge is 0.407 e. The molecule has 1 saturated heterocycles. The lowest BCUT2D eigenvalue weighted by Gasteiger charge is -2.35. The van der Waals surface area contributed by atoms with Crippen LogP contribution in [0.25, 0.3) is 11.0 Å². The number of carbonyl (C=O) groups is 4. The van der Waals surface area contributed by atoms with E-state index < -0.39 is 42.5 Å². The second-order valence-electron chi connectivity index (χ2n) is 13.1. The Hall–Kier alpha value is -3.67. The number of furan rings is 1. The molecule has 0 bridgehead atoms. The van der Waals surface area contributed by atoms with E-state index in [1.807, 2.05) is 0 Å². The second kappa shape index (κ2) is 15.8. The molecule has 3 amide bonds. The molecule has 1 aromatic carbocycles. The van der Waals surface area contributed by atoms with Gasteiger partial charge in [0.05, 0.1) is 18.8 Å². The summed E-state index contributed by atoms with van der Waals surface area (Å²) < 4.78 is 36.0. The molecular formula is C34H48FN3O8. The van der Waals surface area contributed by atoms with Gasteiger partial charge in [-0.05, 0) is 96.4 Å². The van der Waals surface area contributed by atoms with Crippen LogP contribution < -0.4 is 10.6 Å². The van der Waals surface area contributed by atoms with Crippen molar-refractivity contribution in [3.8, 4) is 0 Å². The molecule has 3 atom stereocenters. The van der Waals surface area contributed by atoms with Gasteiger partial charge in [-0.25, -0.2) is 14.0 Å². The van der Waals surface area contributed by atoms with Crippen molar-refractivity contribution in [3.05, 3.63) is 30.0 Å². The summed E-state index contributed by atoms with van der Waals surface area (Å²) in [5.74, 6) is -1.39. The monoisotopic (exact) mass is 645 g/mol. The topological polar surface area (TPSA) is 136 Å². The second-order valence-corrected chi connectivity index (χ2v) is 13.1. The van der Waals surface area contributed by atoms with Crippen molar-refractivity contribution >= 4 is 40.5 Å². The van der Waals surface area contributed by atoms with E-state index in [-0.39, 0.29) is 36.0 Å². The largest absolute Gasteiger partial charge is 0.460 e. The van der Waals surface area contributed by atoms with Gasteiger partial charge in [0, 0.05) is 30.1 Å². The first-order valence-corrected chi connectivity index (χ1v) is 16.4. The molecule has 0 spiro atoms. The molecule has 2 heterocycles. The summed E-state index contributed by atoms with van der Waals surface area (Å²) in [6.07, 6.45) is 3.42. The molecule has 1 aliphatic carbocycles. The number of alkyl carbamates (subject to hydrolysis) is 1. The first-order chi connectivity index (χ1) is 21.9. The number of alkyl halides is 1. The van der Waals surface area contributed by atoms with Crippen LogP contribution in [0, 0.1) is 11.8 Å². The number of likely N-dealkylation sites (tertiary alicyclic amines) is 1. The minimum absolute atomic E-state index is 0.0745. The van der Waals surface area contributed by atoms with E-state index in [1.165, 1.54) is 0 Å². The Kier molecular flexibility index (Phi) is 12.0. The summed E-state index contributed by atoms with van der Waals surface area (Å²) in [6, 6.07) is 5.12. The fraction of sp³-hybridized carbons (Fsp3) is 0.647. The highest BCUT2D eigenvalue weighted by atomic mass is 19.1. The van der Waals surface area contributed by atoms with Crippen LogP contribution in [0.4, 0.5) is 14.9 Å². The molecule has 1 aromatic heterocycles. The van der Waals surface area contributed by atoms with Crippen LogP contribution in [-0.2, 0) is 23.8 Å². The molecule has 12 heteroatoms. The average molecular weight is 646 g/mol. The number of halogens is 1. The molecule has 11 nitrogen and oxygen atoms in total. The Bertz CT molecular complexity index is 1360. The molecule has 0 radical (unpaired) electrons. The molecule has 4 rings (SSSR count). The lowest BCUT2D eigenvalue weighted by Crippen LogP contribution is -2.51. The Morgan fingerprint density at radius 3 is 2.46 bits per heavy atom. The predicted octanol–water partition coefficient (Wildman–Crippen LogP) is 6.00. The minimum atomic E-state index is -0.815. The fourth-order valence-corrected chi connectivity index (χ4v) is 6.26. The maximum Gasteiger partial charge on any atom is 0.407 e. The van der Waals surface area contributed by atoms with Gasteiger partial charge in [0.15, 0.2) is 0 Å². The molecule has 46 heavy (non-hydrogen) atoms. The number of nitrogens with zero attached hydrogens (tertiary/aromatic N) is 1. The van der Waals surface area contributed by atoms with Crippen LogP contribution in [0.5, 0.6) is 0 Å². The van der Waals surface area contributed by atoms with E-state index in [9.17, 15) is 23.6 Å². The number of esters is 1. The van der Waals surface area contributed by atoms with E-state index in [2.05, 4.69) is 17.6 Å². The third-order valence-electron chi connectivity index (χ3n) is 8.54. The summed E-state index contributed by atoms with van der Waals surface area (Å²) in [4.78, 5) is 53.7. The van der Waals surface area contributed by atoms with Crippen LogP contribution in [0.3, 0.4) is 0 Å². The molecule has 2 N–H and O–H groups in total. The number of hydrogen-bond donors (Lipinski definition) is 2. The van der Waals surface area contributed by atoms with E-state index in [4.69, 9.17) is 18.6 Å². The van der Waals surface area contributed by atoms with Crippen molar-refractivity contribution < 1.29 is 42.2 Å². The molecule has 2 aliphatic rings. The van der Waals surface area contributed by atoms with Gasteiger partial charge in [-0.2, -0.15) is 0 Å². The molecule has 2 fully saturated rings. The molecule has 0 unspecified atom stereocenters. The van der Waals surface area contributed by atoms with Crippen LogP contribution >= 0.6 is 0 Å². The summed E-state index contributed by atoms with van der Waals surface area (Å²) in [5.41, 5.74) is 0.285. The van der Waals surface area contributed by atoms with Gasteiger partial charge in [-0.1, -0.05) is 13.3 Å². The van der Waals surface area contributed by atoms with Crippen molar-refractivity contribution in [2.24, 2.45) is 11.8 Å².